The number of fused-ring (bicyclic) bond motifs is 1. The first kappa shape index (κ1) is 17.1. The summed E-state index contributed by atoms with van der Waals surface area (Å²) in [7, 11) is 1.82. The third-order valence-corrected chi connectivity index (χ3v) is 5.03. The highest BCUT2D eigenvalue weighted by Crippen LogP contribution is 2.27. The molecule has 0 aliphatic carbocycles. The molecule has 3 rings (SSSR count). The van der Waals surface area contributed by atoms with Gasteiger partial charge in [-0.15, -0.1) is 0 Å². The predicted molar refractivity (Wildman–Crippen MR) is 98.8 cm³/mol. The molecule has 2 aliphatic heterocycles. The Morgan fingerprint density at radius 1 is 1.25 bits per heavy atom. The van der Waals surface area contributed by atoms with Gasteiger partial charge in [0.2, 0.25) is 0 Å². The number of ether oxygens (including phenoxy) is 1. The molecule has 2 aliphatic rings. The van der Waals surface area contributed by atoms with Crippen LogP contribution in [-0.2, 0) is 6.42 Å². The van der Waals surface area contributed by atoms with Crippen molar-refractivity contribution >= 4 is 5.96 Å². The van der Waals surface area contributed by atoms with Crippen LogP contribution < -0.4 is 15.4 Å². The first-order valence-corrected chi connectivity index (χ1v) is 9.16. The smallest absolute Gasteiger partial charge is 0.191 e. The molecule has 1 aromatic rings. The highest BCUT2D eigenvalue weighted by atomic mass is 16.5. The van der Waals surface area contributed by atoms with Crippen LogP contribution in [0.3, 0.4) is 0 Å². The molecule has 1 saturated heterocycles. The maximum atomic E-state index is 5.96. The van der Waals surface area contributed by atoms with Crippen molar-refractivity contribution in [2.45, 2.75) is 32.3 Å². The van der Waals surface area contributed by atoms with E-state index in [2.05, 4.69) is 39.6 Å². The van der Waals surface area contributed by atoms with Crippen molar-refractivity contribution in [1.29, 1.82) is 0 Å². The maximum absolute atomic E-state index is 5.96. The van der Waals surface area contributed by atoms with E-state index in [1.165, 1.54) is 31.5 Å². The van der Waals surface area contributed by atoms with Crippen LogP contribution in [0.4, 0.5) is 0 Å². The summed E-state index contributed by atoms with van der Waals surface area (Å²) >= 11 is 0. The van der Waals surface area contributed by atoms with E-state index in [-0.39, 0.29) is 6.10 Å². The zero-order valence-electron chi connectivity index (χ0n) is 14.9. The topological polar surface area (TPSA) is 48.9 Å². The number of hydrogen-bond acceptors (Lipinski definition) is 3. The Morgan fingerprint density at radius 3 is 2.79 bits per heavy atom. The lowest BCUT2D eigenvalue weighted by molar-refractivity contribution is 0.195. The van der Waals surface area contributed by atoms with Crippen LogP contribution in [0.25, 0.3) is 0 Å². The SMILES string of the molecule is CN=C(NCCN1CCC(C)CC1)NCC1Cc2ccccc2O1. The van der Waals surface area contributed by atoms with E-state index < -0.39 is 0 Å². The van der Waals surface area contributed by atoms with E-state index in [0.29, 0.717) is 0 Å². The Kier molecular flexibility index (Phi) is 5.96. The first-order valence-electron chi connectivity index (χ1n) is 9.16. The second kappa shape index (κ2) is 8.38. The molecular formula is C19H30N4O. The predicted octanol–water partition coefficient (Wildman–Crippen LogP) is 1.89. The fourth-order valence-electron chi connectivity index (χ4n) is 3.42. The van der Waals surface area contributed by atoms with Crippen LogP contribution in [0.5, 0.6) is 5.75 Å². The average molecular weight is 330 g/mol. The second-order valence-electron chi connectivity index (χ2n) is 6.96. The first-order chi connectivity index (χ1) is 11.7. The highest BCUT2D eigenvalue weighted by molar-refractivity contribution is 5.79. The Hall–Kier alpha value is -1.75. The van der Waals surface area contributed by atoms with E-state index >= 15 is 0 Å². The summed E-state index contributed by atoms with van der Waals surface area (Å²) in [5.74, 6) is 2.77. The molecule has 1 fully saturated rings. The summed E-state index contributed by atoms with van der Waals surface area (Å²) in [6.07, 6.45) is 3.80. The number of rotatable bonds is 5. The summed E-state index contributed by atoms with van der Waals surface area (Å²) in [4.78, 5) is 6.85. The van der Waals surface area contributed by atoms with Crippen molar-refractivity contribution in [1.82, 2.24) is 15.5 Å². The molecule has 1 unspecified atom stereocenters. The van der Waals surface area contributed by atoms with Gasteiger partial charge < -0.3 is 20.3 Å². The summed E-state index contributed by atoms with van der Waals surface area (Å²) < 4.78 is 5.96. The summed E-state index contributed by atoms with van der Waals surface area (Å²) in [5.41, 5.74) is 1.30. The molecule has 0 spiro atoms. The number of likely N-dealkylation sites (tertiary alicyclic amines) is 1. The molecule has 2 N–H and O–H groups in total. The summed E-state index contributed by atoms with van der Waals surface area (Å²) in [6, 6.07) is 8.28. The average Bonchev–Trinajstić information content (AvgIpc) is 3.02. The zero-order valence-corrected chi connectivity index (χ0v) is 14.9. The van der Waals surface area contributed by atoms with E-state index in [1.807, 2.05) is 19.2 Å². The van der Waals surface area contributed by atoms with E-state index in [0.717, 1.165) is 43.7 Å². The van der Waals surface area contributed by atoms with Crippen molar-refractivity contribution < 1.29 is 4.74 Å². The van der Waals surface area contributed by atoms with Gasteiger partial charge in [-0.3, -0.25) is 4.99 Å². The highest BCUT2D eigenvalue weighted by Gasteiger charge is 2.22. The van der Waals surface area contributed by atoms with Crippen molar-refractivity contribution in [3.8, 4) is 5.75 Å². The Bertz CT molecular complexity index is 527. The van der Waals surface area contributed by atoms with Crippen molar-refractivity contribution in [2.24, 2.45) is 10.9 Å². The molecule has 0 amide bonds. The molecule has 1 atom stereocenters. The van der Waals surface area contributed by atoms with Crippen molar-refractivity contribution in [3.63, 3.8) is 0 Å². The fraction of sp³-hybridized carbons (Fsp3) is 0.632. The third-order valence-electron chi connectivity index (χ3n) is 5.03. The minimum Gasteiger partial charge on any atom is -0.488 e. The monoisotopic (exact) mass is 330 g/mol. The van der Waals surface area contributed by atoms with E-state index in [4.69, 9.17) is 4.74 Å². The maximum Gasteiger partial charge on any atom is 0.191 e. The normalized spacial score (nSPS) is 22.1. The van der Waals surface area contributed by atoms with Gasteiger partial charge in [0, 0.05) is 26.6 Å². The number of benzene rings is 1. The van der Waals surface area contributed by atoms with Gasteiger partial charge in [0.15, 0.2) is 5.96 Å². The number of guanidine groups is 1. The van der Waals surface area contributed by atoms with Crippen LogP contribution in [0.15, 0.2) is 29.3 Å². The molecule has 132 valence electrons. The largest absolute Gasteiger partial charge is 0.488 e. The van der Waals surface area contributed by atoms with Gasteiger partial charge in [-0.2, -0.15) is 0 Å². The minimum absolute atomic E-state index is 0.185. The zero-order chi connectivity index (χ0) is 16.8. The Balaban J connectivity index is 1.34. The lowest BCUT2D eigenvalue weighted by atomic mass is 9.99. The molecule has 2 heterocycles. The second-order valence-corrected chi connectivity index (χ2v) is 6.96. The van der Waals surface area contributed by atoms with Crippen LogP contribution in [-0.4, -0.2) is 56.7 Å². The molecule has 0 radical (unpaired) electrons. The number of nitrogens with zero attached hydrogens (tertiary/aromatic N) is 2. The third kappa shape index (κ3) is 4.63. The molecular weight excluding hydrogens is 300 g/mol. The summed E-state index contributed by atoms with van der Waals surface area (Å²) in [6.45, 7) is 7.59. The number of nitrogens with one attached hydrogen (secondary N) is 2. The van der Waals surface area contributed by atoms with Gasteiger partial charge in [0.25, 0.3) is 0 Å². The van der Waals surface area contributed by atoms with Gasteiger partial charge in [0.1, 0.15) is 11.9 Å². The number of para-hydroxylation sites is 1. The molecule has 5 heteroatoms. The summed E-state index contributed by atoms with van der Waals surface area (Å²) in [5, 5.41) is 6.80. The standard InChI is InChI=1S/C19H30N4O/c1-15-7-10-23(11-8-15)12-9-21-19(20-2)22-14-17-13-16-5-3-4-6-18(16)24-17/h3-6,15,17H,7-14H2,1-2H3,(H2,20,21,22). The molecule has 1 aromatic carbocycles. The molecule has 0 bridgehead atoms. The van der Waals surface area contributed by atoms with Crippen molar-refractivity contribution in [2.75, 3.05) is 39.8 Å². The lowest BCUT2D eigenvalue weighted by Gasteiger charge is -2.30. The van der Waals surface area contributed by atoms with Gasteiger partial charge in [0.05, 0.1) is 6.54 Å². The Labute approximate surface area is 145 Å². The van der Waals surface area contributed by atoms with E-state index in [1.54, 1.807) is 0 Å². The number of aliphatic imine (C=N–C) groups is 1. The molecule has 5 nitrogen and oxygen atoms in total. The lowest BCUT2D eigenvalue weighted by Crippen LogP contribution is -2.45. The minimum atomic E-state index is 0.185. The van der Waals surface area contributed by atoms with Crippen LogP contribution in [0.1, 0.15) is 25.3 Å². The number of hydrogen-bond donors (Lipinski definition) is 2. The van der Waals surface area contributed by atoms with Gasteiger partial charge in [-0.25, -0.2) is 0 Å². The quantitative estimate of drug-likeness (QED) is 0.639. The van der Waals surface area contributed by atoms with Crippen LogP contribution in [0.2, 0.25) is 0 Å². The van der Waals surface area contributed by atoms with Crippen LogP contribution >= 0.6 is 0 Å². The van der Waals surface area contributed by atoms with E-state index in [9.17, 15) is 0 Å². The fourth-order valence-corrected chi connectivity index (χ4v) is 3.42. The van der Waals surface area contributed by atoms with Crippen LogP contribution in [0, 0.1) is 5.92 Å². The van der Waals surface area contributed by atoms with Gasteiger partial charge >= 0.3 is 0 Å². The number of piperidine rings is 1. The van der Waals surface area contributed by atoms with Gasteiger partial charge in [-0.05, 0) is 43.5 Å². The van der Waals surface area contributed by atoms with Crippen molar-refractivity contribution in [3.05, 3.63) is 29.8 Å². The molecule has 0 saturated carbocycles. The Morgan fingerprint density at radius 2 is 2.04 bits per heavy atom. The van der Waals surface area contributed by atoms with Gasteiger partial charge in [-0.1, -0.05) is 25.1 Å². The molecule has 0 aromatic heterocycles. The molecule has 24 heavy (non-hydrogen) atoms.